The molecule has 1 aromatic carbocycles. The highest BCUT2D eigenvalue weighted by atomic mass is 16.5. The number of piperidine rings is 1. The van der Waals surface area contributed by atoms with Crippen LogP contribution in [-0.2, 0) is 5.41 Å². The van der Waals surface area contributed by atoms with E-state index in [9.17, 15) is 10.2 Å². The fourth-order valence-electron chi connectivity index (χ4n) is 4.49. The SMILES string of the molecule is C=CCN1CC[C@]2(c3cccc(OC)c3)CC(O)CC[C@]2(O)C1. The van der Waals surface area contributed by atoms with Crippen molar-refractivity contribution in [2.75, 3.05) is 26.7 Å². The number of likely N-dealkylation sites (tertiary alicyclic amines) is 1. The summed E-state index contributed by atoms with van der Waals surface area (Å²) in [5.74, 6) is 0.799. The lowest BCUT2D eigenvalue weighted by Crippen LogP contribution is -2.65. The molecular formula is C19H27NO3. The number of fused-ring (bicyclic) bond motifs is 1. The van der Waals surface area contributed by atoms with Crippen molar-refractivity contribution in [3.63, 3.8) is 0 Å². The molecule has 1 heterocycles. The van der Waals surface area contributed by atoms with Gasteiger partial charge in [0.25, 0.3) is 0 Å². The van der Waals surface area contributed by atoms with Gasteiger partial charge < -0.3 is 14.9 Å². The van der Waals surface area contributed by atoms with Crippen molar-refractivity contribution in [2.24, 2.45) is 0 Å². The minimum absolute atomic E-state index is 0.354. The first-order chi connectivity index (χ1) is 11.0. The average molecular weight is 317 g/mol. The van der Waals surface area contributed by atoms with Crippen LogP contribution in [0.1, 0.15) is 31.2 Å². The molecular weight excluding hydrogens is 290 g/mol. The van der Waals surface area contributed by atoms with E-state index in [0.29, 0.717) is 25.8 Å². The number of aliphatic hydroxyl groups excluding tert-OH is 1. The maximum absolute atomic E-state index is 11.5. The van der Waals surface area contributed by atoms with Gasteiger partial charge in [0.05, 0.1) is 18.8 Å². The molecule has 126 valence electrons. The molecule has 0 aromatic heterocycles. The summed E-state index contributed by atoms with van der Waals surface area (Å²) in [5.41, 5.74) is -0.146. The van der Waals surface area contributed by atoms with Gasteiger partial charge in [-0.25, -0.2) is 0 Å². The molecule has 3 rings (SSSR count). The van der Waals surface area contributed by atoms with Crippen LogP contribution in [0.4, 0.5) is 0 Å². The van der Waals surface area contributed by atoms with Crippen LogP contribution in [-0.4, -0.2) is 53.6 Å². The van der Waals surface area contributed by atoms with Gasteiger partial charge in [-0.1, -0.05) is 18.2 Å². The molecule has 2 fully saturated rings. The average Bonchev–Trinajstić information content (AvgIpc) is 2.56. The number of methoxy groups -OCH3 is 1. The molecule has 1 aliphatic carbocycles. The maximum Gasteiger partial charge on any atom is 0.119 e. The molecule has 4 heteroatoms. The van der Waals surface area contributed by atoms with E-state index in [1.165, 1.54) is 0 Å². The largest absolute Gasteiger partial charge is 0.497 e. The Labute approximate surface area is 138 Å². The van der Waals surface area contributed by atoms with E-state index in [4.69, 9.17) is 4.74 Å². The Bertz CT molecular complexity index is 575. The van der Waals surface area contributed by atoms with Crippen LogP contribution in [0.3, 0.4) is 0 Å². The summed E-state index contributed by atoms with van der Waals surface area (Å²) in [6.07, 6.45) is 4.26. The Morgan fingerprint density at radius 3 is 3.00 bits per heavy atom. The summed E-state index contributed by atoms with van der Waals surface area (Å²) in [6.45, 7) is 6.13. The summed E-state index contributed by atoms with van der Waals surface area (Å²) >= 11 is 0. The van der Waals surface area contributed by atoms with Gasteiger partial charge in [-0.3, -0.25) is 4.90 Å². The Balaban J connectivity index is 2.01. The van der Waals surface area contributed by atoms with Gasteiger partial charge in [0.15, 0.2) is 0 Å². The quantitative estimate of drug-likeness (QED) is 0.835. The van der Waals surface area contributed by atoms with Crippen LogP contribution in [0.25, 0.3) is 0 Å². The molecule has 0 amide bonds. The minimum atomic E-state index is -0.820. The molecule has 0 bridgehead atoms. The normalized spacial score (nSPS) is 34.7. The fourth-order valence-corrected chi connectivity index (χ4v) is 4.49. The molecule has 4 nitrogen and oxygen atoms in total. The zero-order valence-electron chi connectivity index (χ0n) is 13.9. The van der Waals surface area contributed by atoms with Gasteiger partial charge in [-0.2, -0.15) is 0 Å². The highest BCUT2D eigenvalue weighted by molar-refractivity contribution is 5.38. The second kappa shape index (κ2) is 6.27. The second-order valence-electron chi connectivity index (χ2n) is 7.02. The zero-order valence-corrected chi connectivity index (χ0v) is 13.9. The maximum atomic E-state index is 11.5. The van der Waals surface area contributed by atoms with Gasteiger partial charge >= 0.3 is 0 Å². The van der Waals surface area contributed by atoms with Crippen LogP contribution in [0, 0.1) is 0 Å². The second-order valence-corrected chi connectivity index (χ2v) is 7.02. The zero-order chi connectivity index (χ0) is 16.5. The van der Waals surface area contributed by atoms with Gasteiger partial charge in [0.2, 0.25) is 0 Å². The first-order valence-electron chi connectivity index (χ1n) is 8.41. The smallest absolute Gasteiger partial charge is 0.119 e. The number of β-amino-alcohol motifs (C(OH)–C–C–N with tert-alkyl or cyclic N) is 1. The molecule has 1 unspecified atom stereocenters. The number of nitrogens with zero attached hydrogens (tertiary/aromatic N) is 1. The number of rotatable bonds is 4. The Hall–Kier alpha value is -1.36. The monoisotopic (exact) mass is 317 g/mol. The summed E-state index contributed by atoms with van der Waals surface area (Å²) in [4.78, 5) is 2.25. The predicted octanol–water partition coefficient (Wildman–Crippen LogP) is 2.10. The third-order valence-electron chi connectivity index (χ3n) is 5.72. The first kappa shape index (κ1) is 16.5. The Morgan fingerprint density at radius 1 is 1.43 bits per heavy atom. The van der Waals surface area contributed by atoms with Crippen molar-refractivity contribution in [1.29, 1.82) is 0 Å². The topological polar surface area (TPSA) is 52.9 Å². The predicted molar refractivity (Wildman–Crippen MR) is 90.7 cm³/mol. The van der Waals surface area contributed by atoms with Crippen LogP contribution in [0.2, 0.25) is 0 Å². The summed E-state index contributed by atoms with van der Waals surface area (Å²) in [5, 5.41) is 21.9. The summed E-state index contributed by atoms with van der Waals surface area (Å²) in [7, 11) is 1.66. The lowest BCUT2D eigenvalue weighted by molar-refractivity contribution is -0.140. The number of ether oxygens (including phenoxy) is 1. The third-order valence-corrected chi connectivity index (χ3v) is 5.72. The molecule has 1 saturated carbocycles. The lowest BCUT2D eigenvalue weighted by Gasteiger charge is -2.57. The van der Waals surface area contributed by atoms with Crippen LogP contribution >= 0.6 is 0 Å². The number of hydrogen-bond acceptors (Lipinski definition) is 4. The van der Waals surface area contributed by atoms with Gasteiger partial charge in [-0.15, -0.1) is 6.58 Å². The van der Waals surface area contributed by atoms with Crippen molar-refractivity contribution in [1.82, 2.24) is 4.90 Å². The molecule has 3 atom stereocenters. The highest BCUT2D eigenvalue weighted by Gasteiger charge is 2.57. The van der Waals surface area contributed by atoms with Crippen molar-refractivity contribution < 1.29 is 14.9 Å². The Kier molecular flexibility index (Phi) is 4.50. The van der Waals surface area contributed by atoms with E-state index in [2.05, 4.69) is 17.5 Å². The molecule has 0 spiro atoms. The van der Waals surface area contributed by atoms with Crippen LogP contribution in [0.5, 0.6) is 5.75 Å². The van der Waals surface area contributed by atoms with Gasteiger partial charge in [0.1, 0.15) is 5.75 Å². The molecule has 2 aliphatic rings. The van der Waals surface area contributed by atoms with Gasteiger partial charge in [-0.05, 0) is 49.9 Å². The third kappa shape index (κ3) is 2.80. The number of hydrogen-bond donors (Lipinski definition) is 2. The van der Waals surface area contributed by atoms with Crippen LogP contribution in [0.15, 0.2) is 36.9 Å². The molecule has 1 saturated heterocycles. The highest BCUT2D eigenvalue weighted by Crippen LogP contribution is 2.52. The molecule has 2 N–H and O–H groups in total. The van der Waals surface area contributed by atoms with Crippen molar-refractivity contribution >= 4 is 0 Å². The van der Waals surface area contributed by atoms with E-state index in [-0.39, 0.29) is 6.10 Å². The van der Waals surface area contributed by atoms with Crippen molar-refractivity contribution in [3.05, 3.63) is 42.5 Å². The van der Waals surface area contributed by atoms with E-state index < -0.39 is 11.0 Å². The molecule has 0 radical (unpaired) electrons. The molecule has 1 aliphatic heterocycles. The van der Waals surface area contributed by atoms with Gasteiger partial charge in [0, 0.05) is 18.5 Å². The van der Waals surface area contributed by atoms with E-state index >= 15 is 0 Å². The van der Waals surface area contributed by atoms with Crippen molar-refractivity contribution in [2.45, 2.75) is 42.8 Å². The van der Waals surface area contributed by atoms with E-state index in [1.807, 2.05) is 24.3 Å². The van der Waals surface area contributed by atoms with E-state index in [0.717, 1.165) is 30.8 Å². The standard InChI is InChI=1S/C19H27NO3/c1-3-10-20-11-9-18(15-5-4-6-17(12-15)23-2)13-16(21)7-8-19(18,22)14-20/h3-6,12,16,21-22H,1,7-11,13-14H2,2H3/t16?,18-,19+/m1/s1. The summed E-state index contributed by atoms with van der Waals surface area (Å²) in [6, 6.07) is 7.98. The molecule has 1 aromatic rings. The minimum Gasteiger partial charge on any atom is -0.497 e. The summed E-state index contributed by atoms with van der Waals surface area (Å²) < 4.78 is 5.37. The number of aliphatic hydroxyl groups is 2. The lowest BCUT2D eigenvalue weighted by atomic mass is 9.55. The van der Waals surface area contributed by atoms with E-state index in [1.54, 1.807) is 7.11 Å². The molecule has 23 heavy (non-hydrogen) atoms. The number of benzene rings is 1. The van der Waals surface area contributed by atoms with Crippen molar-refractivity contribution in [3.8, 4) is 5.75 Å². The first-order valence-corrected chi connectivity index (χ1v) is 8.41. The Morgan fingerprint density at radius 2 is 2.26 bits per heavy atom. The fraction of sp³-hybridized carbons (Fsp3) is 0.579. The van der Waals surface area contributed by atoms with Crippen LogP contribution < -0.4 is 4.74 Å².